The minimum absolute atomic E-state index is 0.340. The Morgan fingerprint density at radius 1 is 1.31 bits per heavy atom. The molecule has 0 saturated carbocycles. The van der Waals surface area contributed by atoms with E-state index in [4.69, 9.17) is 9.72 Å². The molecule has 7 heteroatoms. The Kier molecular flexibility index (Phi) is 6.70. The van der Waals surface area contributed by atoms with Gasteiger partial charge in [0.15, 0.2) is 0 Å². The molecule has 3 heterocycles. The van der Waals surface area contributed by atoms with Gasteiger partial charge >= 0.3 is 0 Å². The van der Waals surface area contributed by atoms with Gasteiger partial charge < -0.3 is 15.0 Å². The zero-order valence-corrected chi connectivity index (χ0v) is 18.9. The fraction of sp³-hybridized carbons (Fsp3) is 0.455. The third-order valence-corrected chi connectivity index (χ3v) is 6.77. The molecule has 1 aromatic carbocycles. The molecule has 0 spiro atoms. The molecule has 1 fully saturated rings. The number of thiazole rings is 1. The third-order valence-electron chi connectivity index (χ3n) is 5.22. The van der Waals surface area contributed by atoms with Crippen molar-refractivity contribution < 1.29 is 4.74 Å². The number of anilines is 1. The molecule has 4 rings (SSSR count). The van der Waals surface area contributed by atoms with Crippen LogP contribution in [0, 0.1) is 6.92 Å². The largest absolute Gasteiger partial charge is 0.377 e. The average molecular weight is 429 g/mol. The fourth-order valence-corrected chi connectivity index (χ4v) is 4.78. The predicted octanol–water partition coefficient (Wildman–Crippen LogP) is 4.63. The van der Waals surface area contributed by atoms with Crippen LogP contribution < -0.4 is 10.2 Å². The van der Waals surface area contributed by atoms with E-state index in [1.807, 2.05) is 6.92 Å². The minimum atomic E-state index is 0.340. The summed E-state index contributed by atoms with van der Waals surface area (Å²) in [6.07, 6.45) is 4.76. The summed E-state index contributed by atoms with van der Waals surface area (Å²) in [7, 11) is 2.10. The number of fused-ring (bicyclic) bond motifs is 1. The standard InChI is InChI=1S/C22H28N4OS2/c1-15-24-18(14-29-15)13-26(2)22-17(11-23-12-19-5-4-8-27-19)9-16-6-7-20(28-3)10-21(16)25-22/h6-7,9-10,14,19,23H,4-5,8,11-13H2,1-3H3/t19-/m1/s1. The maximum Gasteiger partial charge on any atom is 0.133 e. The molecule has 29 heavy (non-hydrogen) atoms. The third kappa shape index (κ3) is 5.09. The van der Waals surface area contributed by atoms with Crippen molar-refractivity contribution in [1.29, 1.82) is 0 Å². The van der Waals surface area contributed by atoms with Gasteiger partial charge in [-0.15, -0.1) is 23.1 Å². The maximum atomic E-state index is 5.75. The SMILES string of the molecule is CSc1ccc2cc(CNC[C@H]3CCCO3)c(N(C)Cc3csc(C)n3)nc2c1. The van der Waals surface area contributed by atoms with Gasteiger partial charge in [-0.1, -0.05) is 6.07 Å². The number of pyridine rings is 1. The average Bonchev–Trinajstić information content (AvgIpc) is 3.38. The number of ether oxygens (including phenoxy) is 1. The second-order valence-corrected chi connectivity index (χ2v) is 9.45. The highest BCUT2D eigenvalue weighted by Crippen LogP contribution is 2.27. The Labute approximate surface area is 180 Å². The van der Waals surface area contributed by atoms with Crippen LogP contribution in [0.5, 0.6) is 0 Å². The van der Waals surface area contributed by atoms with Gasteiger partial charge in [0.25, 0.3) is 0 Å². The second-order valence-electron chi connectivity index (χ2n) is 7.51. The molecule has 0 unspecified atom stereocenters. The van der Waals surface area contributed by atoms with Gasteiger partial charge in [-0.05, 0) is 44.2 Å². The second kappa shape index (κ2) is 9.43. The first-order valence-electron chi connectivity index (χ1n) is 10.0. The van der Waals surface area contributed by atoms with Crippen LogP contribution >= 0.6 is 23.1 Å². The topological polar surface area (TPSA) is 50.3 Å². The fourth-order valence-electron chi connectivity index (χ4n) is 3.74. The molecule has 2 aromatic heterocycles. The quantitative estimate of drug-likeness (QED) is 0.528. The van der Waals surface area contributed by atoms with Crippen LogP contribution in [-0.4, -0.2) is 42.5 Å². The summed E-state index contributed by atoms with van der Waals surface area (Å²) in [5.74, 6) is 1.02. The number of hydrogen-bond donors (Lipinski definition) is 1. The first-order chi connectivity index (χ1) is 14.1. The van der Waals surface area contributed by atoms with Crippen LogP contribution in [0.2, 0.25) is 0 Å². The Hall–Kier alpha value is -1.67. The van der Waals surface area contributed by atoms with E-state index in [-0.39, 0.29) is 0 Å². The summed E-state index contributed by atoms with van der Waals surface area (Å²) >= 11 is 3.44. The molecular formula is C22H28N4OS2. The van der Waals surface area contributed by atoms with E-state index in [2.05, 4.69) is 58.1 Å². The maximum absolute atomic E-state index is 5.75. The van der Waals surface area contributed by atoms with Crippen LogP contribution in [0.15, 0.2) is 34.5 Å². The van der Waals surface area contributed by atoms with Gasteiger partial charge in [0, 0.05) is 48.0 Å². The van der Waals surface area contributed by atoms with Crippen LogP contribution in [0.25, 0.3) is 10.9 Å². The number of nitrogens with zero attached hydrogens (tertiary/aromatic N) is 3. The summed E-state index contributed by atoms with van der Waals surface area (Å²) in [5, 5.41) is 8.00. The predicted molar refractivity (Wildman–Crippen MR) is 123 cm³/mol. The van der Waals surface area contributed by atoms with E-state index in [0.29, 0.717) is 6.10 Å². The molecular weight excluding hydrogens is 400 g/mol. The molecule has 1 aliphatic heterocycles. The van der Waals surface area contributed by atoms with E-state index in [0.717, 1.165) is 54.7 Å². The lowest BCUT2D eigenvalue weighted by Crippen LogP contribution is -2.27. The van der Waals surface area contributed by atoms with Gasteiger partial charge in [-0.2, -0.15) is 0 Å². The first-order valence-corrected chi connectivity index (χ1v) is 12.1. The van der Waals surface area contributed by atoms with E-state index in [1.165, 1.54) is 22.3 Å². The van der Waals surface area contributed by atoms with Gasteiger partial charge in [0.1, 0.15) is 5.82 Å². The lowest BCUT2D eigenvalue weighted by atomic mass is 10.1. The number of thioether (sulfide) groups is 1. The highest BCUT2D eigenvalue weighted by molar-refractivity contribution is 7.98. The van der Waals surface area contributed by atoms with E-state index >= 15 is 0 Å². The van der Waals surface area contributed by atoms with Crippen molar-refractivity contribution in [3.05, 3.63) is 45.9 Å². The number of rotatable bonds is 8. The van der Waals surface area contributed by atoms with Crippen molar-refractivity contribution >= 4 is 39.8 Å². The van der Waals surface area contributed by atoms with Crippen LogP contribution in [-0.2, 0) is 17.8 Å². The smallest absolute Gasteiger partial charge is 0.133 e. The van der Waals surface area contributed by atoms with E-state index < -0.39 is 0 Å². The zero-order valence-electron chi connectivity index (χ0n) is 17.3. The first kappa shape index (κ1) is 20.6. The van der Waals surface area contributed by atoms with Gasteiger partial charge in [0.05, 0.1) is 28.9 Å². The lowest BCUT2D eigenvalue weighted by molar-refractivity contribution is 0.110. The highest BCUT2D eigenvalue weighted by Gasteiger charge is 2.17. The molecule has 1 N–H and O–H groups in total. The van der Waals surface area contributed by atoms with Crippen LogP contribution in [0.3, 0.4) is 0 Å². The normalized spacial score (nSPS) is 16.6. The summed E-state index contributed by atoms with van der Waals surface area (Å²) in [6, 6.07) is 8.78. The molecule has 1 saturated heterocycles. The number of aromatic nitrogens is 2. The molecule has 5 nitrogen and oxygen atoms in total. The summed E-state index contributed by atoms with van der Waals surface area (Å²) in [4.78, 5) is 13.1. The number of hydrogen-bond acceptors (Lipinski definition) is 7. The van der Waals surface area contributed by atoms with Gasteiger partial charge in [-0.25, -0.2) is 9.97 Å². The zero-order chi connectivity index (χ0) is 20.2. The summed E-state index contributed by atoms with van der Waals surface area (Å²) in [5.41, 5.74) is 3.34. The number of benzene rings is 1. The molecule has 154 valence electrons. The molecule has 0 radical (unpaired) electrons. The van der Waals surface area contributed by atoms with Crippen molar-refractivity contribution in [2.24, 2.45) is 0 Å². The van der Waals surface area contributed by atoms with Crippen molar-refractivity contribution in [1.82, 2.24) is 15.3 Å². The van der Waals surface area contributed by atoms with Crippen LogP contribution in [0.4, 0.5) is 5.82 Å². The van der Waals surface area contributed by atoms with Crippen molar-refractivity contribution in [2.45, 2.75) is 43.9 Å². The highest BCUT2D eigenvalue weighted by atomic mass is 32.2. The van der Waals surface area contributed by atoms with E-state index in [1.54, 1.807) is 23.1 Å². The van der Waals surface area contributed by atoms with Crippen molar-refractivity contribution in [2.75, 3.05) is 31.4 Å². The molecule has 3 aromatic rings. The molecule has 0 bridgehead atoms. The van der Waals surface area contributed by atoms with E-state index in [9.17, 15) is 0 Å². The number of nitrogens with one attached hydrogen (secondary N) is 1. The Morgan fingerprint density at radius 2 is 2.21 bits per heavy atom. The Bertz CT molecular complexity index is 969. The van der Waals surface area contributed by atoms with Gasteiger partial charge in [0.2, 0.25) is 0 Å². The lowest BCUT2D eigenvalue weighted by Gasteiger charge is -2.22. The van der Waals surface area contributed by atoms with Crippen LogP contribution in [0.1, 0.15) is 29.1 Å². The van der Waals surface area contributed by atoms with Crippen molar-refractivity contribution in [3.8, 4) is 0 Å². The minimum Gasteiger partial charge on any atom is -0.377 e. The molecule has 1 atom stereocenters. The molecule has 1 aliphatic rings. The molecule has 0 aliphatic carbocycles. The number of aryl methyl sites for hydroxylation is 1. The Balaban J connectivity index is 1.59. The van der Waals surface area contributed by atoms with Crippen molar-refractivity contribution in [3.63, 3.8) is 0 Å². The Morgan fingerprint density at radius 3 is 2.93 bits per heavy atom. The monoisotopic (exact) mass is 428 g/mol. The van der Waals surface area contributed by atoms with Gasteiger partial charge in [-0.3, -0.25) is 0 Å². The summed E-state index contributed by atoms with van der Waals surface area (Å²) in [6.45, 7) is 5.36. The molecule has 0 amide bonds. The summed E-state index contributed by atoms with van der Waals surface area (Å²) < 4.78 is 5.75.